The zero-order valence-electron chi connectivity index (χ0n) is 8.72. The molecule has 1 unspecified atom stereocenters. The van der Waals surface area contributed by atoms with Crippen LogP contribution in [0.3, 0.4) is 0 Å². The molecular weight excluding hydrogens is 222 g/mol. The summed E-state index contributed by atoms with van der Waals surface area (Å²) in [6.45, 7) is 0. The van der Waals surface area contributed by atoms with Crippen LogP contribution in [0.4, 0.5) is 0 Å². The number of hydrogen-bond acceptors (Lipinski definition) is 3. The van der Waals surface area contributed by atoms with E-state index in [2.05, 4.69) is 0 Å². The molecule has 0 saturated heterocycles. The zero-order chi connectivity index (χ0) is 11.5. The fourth-order valence-corrected chi connectivity index (χ4v) is 2.75. The summed E-state index contributed by atoms with van der Waals surface area (Å²) in [5.41, 5.74) is 7.05. The van der Waals surface area contributed by atoms with Crippen molar-refractivity contribution in [3.63, 3.8) is 0 Å². The third-order valence-corrected chi connectivity index (χ3v) is 3.56. The number of benzene rings is 1. The smallest absolute Gasteiger partial charge is 0.303 e. The first-order valence-corrected chi connectivity index (χ1v) is 6.00. The highest BCUT2D eigenvalue weighted by Crippen LogP contribution is 2.30. The van der Waals surface area contributed by atoms with Gasteiger partial charge in [-0.2, -0.15) is 0 Å². The van der Waals surface area contributed by atoms with Crippen LogP contribution in [0.25, 0.3) is 10.1 Å². The predicted octanol–water partition coefficient (Wildman–Crippen LogP) is 2.77. The van der Waals surface area contributed by atoms with Gasteiger partial charge in [0.25, 0.3) is 0 Å². The van der Waals surface area contributed by atoms with Crippen LogP contribution < -0.4 is 5.73 Å². The van der Waals surface area contributed by atoms with E-state index in [4.69, 9.17) is 10.8 Å². The summed E-state index contributed by atoms with van der Waals surface area (Å²) < 4.78 is 1.20. The van der Waals surface area contributed by atoms with Crippen molar-refractivity contribution in [3.05, 3.63) is 35.2 Å². The molecule has 0 spiro atoms. The first kappa shape index (κ1) is 11.1. The van der Waals surface area contributed by atoms with Gasteiger partial charge in [0, 0.05) is 17.2 Å². The molecule has 2 rings (SSSR count). The van der Waals surface area contributed by atoms with Gasteiger partial charge in [-0.15, -0.1) is 11.3 Å². The number of nitrogens with two attached hydrogens (primary N) is 1. The molecule has 0 bridgehead atoms. The predicted molar refractivity (Wildman–Crippen MR) is 65.6 cm³/mol. The Balaban J connectivity index is 2.22. The topological polar surface area (TPSA) is 63.3 Å². The second-order valence-corrected chi connectivity index (χ2v) is 4.64. The van der Waals surface area contributed by atoms with E-state index in [0.29, 0.717) is 6.42 Å². The van der Waals surface area contributed by atoms with E-state index in [-0.39, 0.29) is 12.5 Å². The molecule has 1 aromatic carbocycles. The number of aliphatic carboxylic acids is 1. The fourth-order valence-electron chi connectivity index (χ4n) is 1.72. The van der Waals surface area contributed by atoms with Gasteiger partial charge in [-0.3, -0.25) is 4.79 Å². The highest BCUT2D eigenvalue weighted by molar-refractivity contribution is 7.17. The van der Waals surface area contributed by atoms with Crippen molar-refractivity contribution in [2.45, 2.75) is 18.9 Å². The molecule has 1 heterocycles. The minimum absolute atomic E-state index is 0.116. The van der Waals surface area contributed by atoms with Gasteiger partial charge >= 0.3 is 5.97 Å². The van der Waals surface area contributed by atoms with Crippen LogP contribution in [-0.2, 0) is 4.79 Å². The summed E-state index contributed by atoms with van der Waals surface area (Å²) in [4.78, 5) is 10.5. The fraction of sp³-hybridized carbons (Fsp3) is 0.250. The Morgan fingerprint density at radius 1 is 1.44 bits per heavy atom. The van der Waals surface area contributed by atoms with Crippen molar-refractivity contribution in [1.82, 2.24) is 0 Å². The van der Waals surface area contributed by atoms with E-state index in [9.17, 15) is 4.79 Å². The standard InChI is InChI=1S/C12H13NO2S/c13-10(5-6-12(14)15)9-7-16-11-4-2-1-3-8(9)11/h1-4,7,10H,5-6,13H2,(H,14,15). The van der Waals surface area contributed by atoms with Gasteiger partial charge < -0.3 is 10.8 Å². The largest absolute Gasteiger partial charge is 0.481 e. The Hall–Kier alpha value is -1.39. The third-order valence-electron chi connectivity index (χ3n) is 2.58. The van der Waals surface area contributed by atoms with Gasteiger partial charge in [0.05, 0.1) is 0 Å². The maximum absolute atomic E-state index is 10.5. The molecule has 1 atom stereocenters. The van der Waals surface area contributed by atoms with Crippen LogP contribution in [-0.4, -0.2) is 11.1 Å². The zero-order valence-corrected chi connectivity index (χ0v) is 9.54. The van der Waals surface area contributed by atoms with Crippen molar-refractivity contribution in [2.75, 3.05) is 0 Å². The number of thiophene rings is 1. The van der Waals surface area contributed by atoms with Crippen molar-refractivity contribution in [3.8, 4) is 0 Å². The van der Waals surface area contributed by atoms with Crippen LogP contribution in [0.1, 0.15) is 24.4 Å². The highest BCUT2D eigenvalue weighted by Gasteiger charge is 2.12. The van der Waals surface area contributed by atoms with Crippen LogP contribution >= 0.6 is 11.3 Å². The normalized spacial score (nSPS) is 12.8. The van der Waals surface area contributed by atoms with Gasteiger partial charge in [0.2, 0.25) is 0 Å². The van der Waals surface area contributed by atoms with Gasteiger partial charge in [0.15, 0.2) is 0 Å². The minimum atomic E-state index is -0.796. The van der Waals surface area contributed by atoms with E-state index >= 15 is 0 Å². The molecule has 4 heteroatoms. The number of carboxylic acid groups (broad SMARTS) is 1. The second-order valence-electron chi connectivity index (χ2n) is 3.73. The lowest BCUT2D eigenvalue weighted by Gasteiger charge is -2.08. The molecule has 2 aromatic rings. The van der Waals surface area contributed by atoms with E-state index in [1.165, 1.54) is 4.70 Å². The van der Waals surface area contributed by atoms with Crippen molar-refractivity contribution >= 4 is 27.4 Å². The molecule has 0 aliphatic carbocycles. The maximum atomic E-state index is 10.5. The Bertz CT molecular complexity index is 506. The minimum Gasteiger partial charge on any atom is -0.481 e. The van der Waals surface area contributed by atoms with Crippen LogP contribution in [0.5, 0.6) is 0 Å². The number of hydrogen-bond donors (Lipinski definition) is 2. The molecule has 0 radical (unpaired) electrons. The van der Waals surface area contributed by atoms with Gasteiger partial charge in [0.1, 0.15) is 0 Å². The third kappa shape index (κ3) is 2.23. The number of fused-ring (bicyclic) bond motifs is 1. The molecule has 84 valence electrons. The Morgan fingerprint density at radius 3 is 2.94 bits per heavy atom. The van der Waals surface area contributed by atoms with Crippen LogP contribution in [0.15, 0.2) is 29.6 Å². The number of carboxylic acids is 1. The SMILES string of the molecule is NC(CCC(=O)O)c1csc2ccccc12. The van der Waals surface area contributed by atoms with Crippen LogP contribution in [0, 0.1) is 0 Å². The number of rotatable bonds is 4. The highest BCUT2D eigenvalue weighted by atomic mass is 32.1. The van der Waals surface area contributed by atoms with E-state index in [1.807, 2.05) is 29.6 Å². The lowest BCUT2D eigenvalue weighted by molar-refractivity contribution is -0.137. The Labute approximate surface area is 97.5 Å². The van der Waals surface area contributed by atoms with Gasteiger partial charge in [-0.1, -0.05) is 18.2 Å². The molecule has 0 aliphatic heterocycles. The van der Waals surface area contributed by atoms with Gasteiger partial charge in [-0.05, 0) is 28.8 Å². The molecule has 0 aliphatic rings. The first-order valence-electron chi connectivity index (χ1n) is 5.12. The average molecular weight is 235 g/mol. The molecule has 1 aromatic heterocycles. The maximum Gasteiger partial charge on any atom is 0.303 e. The molecule has 0 saturated carbocycles. The lowest BCUT2D eigenvalue weighted by Crippen LogP contribution is -2.11. The first-order chi connectivity index (χ1) is 7.68. The summed E-state index contributed by atoms with van der Waals surface area (Å²) in [7, 11) is 0. The summed E-state index contributed by atoms with van der Waals surface area (Å²) in [5.74, 6) is -0.796. The molecule has 16 heavy (non-hydrogen) atoms. The molecule has 3 nitrogen and oxygen atoms in total. The molecule has 3 N–H and O–H groups in total. The van der Waals surface area contributed by atoms with Crippen molar-refractivity contribution in [1.29, 1.82) is 0 Å². The van der Waals surface area contributed by atoms with Crippen molar-refractivity contribution < 1.29 is 9.90 Å². The second kappa shape index (κ2) is 4.63. The van der Waals surface area contributed by atoms with E-state index in [0.717, 1.165) is 10.9 Å². The quantitative estimate of drug-likeness (QED) is 0.856. The summed E-state index contributed by atoms with van der Waals surface area (Å²) in [6.07, 6.45) is 0.599. The summed E-state index contributed by atoms with van der Waals surface area (Å²) >= 11 is 1.65. The molecule has 0 fully saturated rings. The van der Waals surface area contributed by atoms with Gasteiger partial charge in [-0.25, -0.2) is 0 Å². The lowest BCUT2D eigenvalue weighted by atomic mass is 10.0. The monoisotopic (exact) mass is 235 g/mol. The van der Waals surface area contributed by atoms with Crippen LogP contribution in [0.2, 0.25) is 0 Å². The van der Waals surface area contributed by atoms with Crippen molar-refractivity contribution in [2.24, 2.45) is 5.73 Å². The molecule has 0 amide bonds. The Morgan fingerprint density at radius 2 is 2.19 bits per heavy atom. The summed E-state index contributed by atoms with van der Waals surface area (Å²) in [6, 6.07) is 7.86. The average Bonchev–Trinajstić information content (AvgIpc) is 2.69. The molecular formula is C12H13NO2S. The number of carbonyl (C=O) groups is 1. The van der Waals surface area contributed by atoms with E-state index < -0.39 is 5.97 Å². The Kier molecular flexibility index (Phi) is 3.22. The van der Waals surface area contributed by atoms with E-state index in [1.54, 1.807) is 11.3 Å². The summed E-state index contributed by atoms with van der Waals surface area (Å²) in [5, 5.41) is 11.8.